The molecule has 0 amide bonds. The number of hydrogen-bond donors (Lipinski definition) is 3. The molecular weight excluding hydrogens is 259 g/mol. The topological polar surface area (TPSA) is 84.9 Å². The Labute approximate surface area is 105 Å². The fourth-order valence-corrected chi connectivity index (χ4v) is 1.73. The molecular formula is C12H10F3N3O. The number of nitrogen functional groups attached to an aromatic ring is 2. The molecule has 2 rings (SSSR count). The Hall–Kier alpha value is -2.44. The van der Waals surface area contributed by atoms with Crippen LogP contribution in [0.15, 0.2) is 35.1 Å². The maximum absolute atomic E-state index is 12.9. The summed E-state index contributed by atoms with van der Waals surface area (Å²) in [6.07, 6.45) is -4.54. The van der Waals surface area contributed by atoms with E-state index in [2.05, 4.69) is 4.98 Å². The molecule has 100 valence electrons. The molecule has 2 aromatic rings. The quantitative estimate of drug-likeness (QED) is 0.742. The van der Waals surface area contributed by atoms with Crippen molar-refractivity contribution in [2.24, 2.45) is 0 Å². The van der Waals surface area contributed by atoms with E-state index in [1.807, 2.05) is 0 Å². The number of anilines is 2. The molecule has 5 N–H and O–H groups in total. The second kappa shape index (κ2) is 4.34. The lowest BCUT2D eigenvalue weighted by molar-refractivity contribution is -0.137. The van der Waals surface area contributed by atoms with Crippen molar-refractivity contribution in [2.45, 2.75) is 6.18 Å². The van der Waals surface area contributed by atoms with E-state index in [-0.39, 0.29) is 22.6 Å². The second-order valence-corrected chi connectivity index (χ2v) is 3.93. The van der Waals surface area contributed by atoms with Gasteiger partial charge in [0, 0.05) is 5.56 Å². The summed E-state index contributed by atoms with van der Waals surface area (Å²) in [5, 5.41) is 0. The van der Waals surface area contributed by atoms with Gasteiger partial charge in [0.25, 0.3) is 5.56 Å². The van der Waals surface area contributed by atoms with Gasteiger partial charge in [-0.25, -0.2) is 0 Å². The highest BCUT2D eigenvalue weighted by molar-refractivity contribution is 5.77. The molecule has 7 heteroatoms. The number of rotatable bonds is 1. The highest BCUT2D eigenvalue weighted by atomic mass is 19.4. The normalized spacial score (nSPS) is 11.5. The lowest BCUT2D eigenvalue weighted by Gasteiger charge is -2.14. The molecule has 0 fully saturated rings. The minimum absolute atomic E-state index is 0.0196. The number of H-pyrrole nitrogens is 1. The van der Waals surface area contributed by atoms with Crippen molar-refractivity contribution in [3.63, 3.8) is 0 Å². The Balaban J connectivity index is 2.73. The van der Waals surface area contributed by atoms with E-state index in [1.54, 1.807) is 0 Å². The van der Waals surface area contributed by atoms with Crippen molar-refractivity contribution >= 4 is 11.4 Å². The van der Waals surface area contributed by atoms with E-state index < -0.39 is 17.3 Å². The van der Waals surface area contributed by atoms with Gasteiger partial charge in [-0.15, -0.1) is 0 Å². The van der Waals surface area contributed by atoms with Crippen molar-refractivity contribution in [3.05, 3.63) is 46.2 Å². The lowest BCUT2D eigenvalue weighted by atomic mass is 10.0. The predicted molar refractivity (Wildman–Crippen MR) is 66.3 cm³/mol. The zero-order valence-electron chi connectivity index (χ0n) is 9.58. The molecule has 0 saturated heterocycles. The summed E-state index contributed by atoms with van der Waals surface area (Å²) in [7, 11) is 0. The van der Waals surface area contributed by atoms with Crippen LogP contribution in [0, 0.1) is 0 Å². The first-order valence-electron chi connectivity index (χ1n) is 5.25. The van der Waals surface area contributed by atoms with E-state index in [9.17, 15) is 18.0 Å². The van der Waals surface area contributed by atoms with E-state index in [0.29, 0.717) is 0 Å². The van der Waals surface area contributed by atoms with Crippen LogP contribution in [-0.4, -0.2) is 4.98 Å². The molecule has 1 aromatic carbocycles. The first kappa shape index (κ1) is 13.0. The molecule has 0 aliphatic carbocycles. The van der Waals surface area contributed by atoms with Crippen LogP contribution >= 0.6 is 0 Å². The van der Waals surface area contributed by atoms with E-state index >= 15 is 0 Å². The first-order valence-corrected chi connectivity index (χ1v) is 5.25. The number of aromatic nitrogens is 1. The number of alkyl halides is 3. The van der Waals surface area contributed by atoms with Crippen LogP contribution < -0.4 is 17.0 Å². The third-order valence-corrected chi connectivity index (χ3v) is 2.60. The summed E-state index contributed by atoms with van der Waals surface area (Å²) < 4.78 is 38.7. The van der Waals surface area contributed by atoms with Gasteiger partial charge in [0.1, 0.15) is 0 Å². The fraction of sp³-hybridized carbons (Fsp3) is 0.0833. The SMILES string of the molecule is Nc1cc(N)c(=O)[nH]c1-c1ccccc1C(F)(F)F. The molecule has 0 radical (unpaired) electrons. The zero-order valence-corrected chi connectivity index (χ0v) is 9.58. The van der Waals surface area contributed by atoms with Crippen LogP contribution in [0.25, 0.3) is 11.3 Å². The number of aromatic amines is 1. The van der Waals surface area contributed by atoms with Crippen molar-refractivity contribution in [1.29, 1.82) is 0 Å². The van der Waals surface area contributed by atoms with Gasteiger partial charge < -0.3 is 16.5 Å². The molecule has 4 nitrogen and oxygen atoms in total. The molecule has 1 aromatic heterocycles. The van der Waals surface area contributed by atoms with Crippen molar-refractivity contribution in [1.82, 2.24) is 4.98 Å². The molecule has 0 aliphatic heterocycles. The Morgan fingerprint density at radius 3 is 2.32 bits per heavy atom. The van der Waals surface area contributed by atoms with E-state index in [1.165, 1.54) is 18.2 Å². The third kappa shape index (κ3) is 2.40. The summed E-state index contributed by atoms with van der Waals surface area (Å²) in [6.45, 7) is 0. The number of hydrogen-bond acceptors (Lipinski definition) is 3. The standard InChI is InChI=1S/C12H10F3N3O/c13-12(14,15)7-4-2-1-3-6(7)10-8(16)5-9(17)11(19)18-10/h1-5H,16-17H2,(H,18,19). The summed E-state index contributed by atoms with van der Waals surface area (Å²) >= 11 is 0. The number of pyridine rings is 1. The Kier molecular flexibility index (Phi) is 2.97. The van der Waals surface area contributed by atoms with Crippen LogP contribution in [0.4, 0.5) is 24.5 Å². The van der Waals surface area contributed by atoms with Gasteiger partial charge >= 0.3 is 6.18 Å². The molecule has 19 heavy (non-hydrogen) atoms. The number of nitrogens with one attached hydrogen (secondary N) is 1. The zero-order chi connectivity index (χ0) is 14.2. The van der Waals surface area contributed by atoms with Gasteiger partial charge in [0.2, 0.25) is 0 Å². The third-order valence-electron chi connectivity index (χ3n) is 2.60. The maximum atomic E-state index is 12.9. The first-order chi connectivity index (χ1) is 8.80. The fourth-order valence-electron chi connectivity index (χ4n) is 1.73. The van der Waals surface area contributed by atoms with E-state index in [0.717, 1.165) is 12.1 Å². The monoisotopic (exact) mass is 269 g/mol. The summed E-state index contributed by atoms with van der Waals surface area (Å²) in [6, 6.07) is 5.99. The average Bonchev–Trinajstić information content (AvgIpc) is 2.33. The van der Waals surface area contributed by atoms with E-state index in [4.69, 9.17) is 11.5 Å². The van der Waals surface area contributed by atoms with Crippen molar-refractivity contribution in [2.75, 3.05) is 11.5 Å². The molecule has 0 saturated carbocycles. The summed E-state index contributed by atoms with van der Waals surface area (Å²) in [4.78, 5) is 13.7. The summed E-state index contributed by atoms with van der Waals surface area (Å²) in [5.41, 5.74) is 8.96. The molecule has 1 heterocycles. The smallest absolute Gasteiger partial charge is 0.397 e. The number of nitrogens with two attached hydrogens (primary N) is 2. The lowest BCUT2D eigenvalue weighted by Crippen LogP contribution is -2.15. The Morgan fingerprint density at radius 2 is 1.68 bits per heavy atom. The van der Waals surface area contributed by atoms with Crippen LogP contribution in [0.1, 0.15) is 5.56 Å². The van der Waals surface area contributed by atoms with Crippen molar-refractivity contribution in [3.8, 4) is 11.3 Å². The van der Waals surface area contributed by atoms with Crippen LogP contribution in [-0.2, 0) is 6.18 Å². The highest BCUT2D eigenvalue weighted by Crippen LogP contribution is 2.37. The Morgan fingerprint density at radius 1 is 1.05 bits per heavy atom. The van der Waals surface area contributed by atoms with Crippen LogP contribution in [0.2, 0.25) is 0 Å². The van der Waals surface area contributed by atoms with Crippen LogP contribution in [0.5, 0.6) is 0 Å². The second-order valence-electron chi connectivity index (χ2n) is 3.93. The van der Waals surface area contributed by atoms with Gasteiger partial charge in [0.15, 0.2) is 0 Å². The molecule has 0 spiro atoms. The van der Waals surface area contributed by atoms with Crippen LogP contribution in [0.3, 0.4) is 0 Å². The maximum Gasteiger partial charge on any atom is 0.417 e. The highest BCUT2D eigenvalue weighted by Gasteiger charge is 2.33. The van der Waals surface area contributed by atoms with Gasteiger partial charge in [-0.3, -0.25) is 4.79 Å². The minimum atomic E-state index is -4.54. The van der Waals surface area contributed by atoms with Gasteiger partial charge in [0.05, 0.1) is 22.6 Å². The minimum Gasteiger partial charge on any atom is -0.397 e. The molecule has 0 atom stereocenters. The van der Waals surface area contributed by atoms with Gasteiger partial charge in [-0.05, 0) is 12.1 Å². The molecule has 0 unspecified atom stereocenters. The predicted octanol–water partition coefficient (Wildman–Crippen LogP) is 2.23. The summed E-state index contributed by atoms with van der Waals surface area (Å²) in [5.74, 6) is 0. The Bertz CT molecular complexity index is 677. The van der Waals surface area contributed by atoms with Gasteiger partial charge in [-0.1, -0.05) is 18.2 Å². The largest absolute Gasteiger partial charge is 0.417 e. The number of halogens is 3. The average molecular weight is 269 g/mol. The van der Waals surface area contributed by atoms with Gasteiger partial charge in [-0.2, -0.15) is 13.2 Å². The van der Waals surface area contributed by atoms with Crippen molar-refractivity contribution < 1.29 is 13.2 Å². The number of benzene rings is 1. The molecule has 0 aliphatic rings. The molecule has 0 bridgehead atoms.